The summed E-state index contributed by atoms with van der Waals surface area (Å²) in [5.41, 5.74) is -1.38. The average molecular weight is 425 g/mol. The predicted octanol–water partition coefficient (Wildman–Crippen LogP) is 4.77. The van der Waals surface area contributed by atoms with E-state index in [-0.39, 0.29) is 12.3 Å². The molecule has 3 rings (SSSR count). The minimum atomic E-state index is -4.72. The number of carbonyl (C=O) groups is 1. The molecule has 0 saturated heterocycles. The molecule has 0 aliphatic heterocycles. The molecule has 0 aliphatic rings. The molecule has 0 unspecified atom stereocenters. The summed E-state index contributed by atoms with van der Waals surface area (Å²) in [6.07, 6.45) is -4.72. The highest BCUT2D eigenvalue weighted by atomic mass is 32.1. The van der Waals surface area contributed by atoms with E-state index < -0.39 is 34.4 Å². The fraction of sp³-hybridized carbons (Fsp3) is 0.222. The van der Waals surface area contributed by atoms with E-state index in [0.29, 0.717) is 17.1 Å². The number of anilines is 1. The topological polar surface area (TPSA) is 94.4 Å². The van der Waals surface area contributed by atoms with Crippen LogP contribution in [0.5, 0.6) is 0 Å². The van der Waals surface area contributed by atoms with Crippen LogP contribution in [0.25, 0.3) is 10.2 Å². The van der Waals surface area contributed by atoms with Gasteiger partial charge in [-0.1, -0.05) is 12.1 Å². The van der Waals surface area contributed by atoms with Crippen LogP contribution < -0.4 is 5.32 Å². The van der Waals surface area contributed by atoms with E-state index in [1.807, 2.05) is 24.3 Å². The van der Waals surface area contributed by atoms with E-state index >= 15 is 0 Å². The molecule has 0 bridgehead atoms. The lowest BCUT2D eigenvalue weighted by Gasteiger charge is -2.15. The van der Waals surface area contributed by atoms with Crippen molar-refractivity contribution in [3.8, 4) is 0 Å². The molecular weight excluding hydrogens is 411 g/mol. The highest BCUT2D eigenvalue weighted by Gasteiger charge is 2.33. The van der Waals surface area contributed by atoms with Crippen LogP contribution in [0.2, 0.25) is 0 Å². The van der Waals surface area contributed by atoms with Crippen molar-refractivity contribution in [3.63, 3.8) is 0 Å². The highest BCUT2D eigenvalue weighted by Crippen LogP contribution is 2.35. The van der Waals surface area contributed by atoms with Gasteiger partial charge in [0, 0.05) is 6.07 Å². The van der Waals surface area contributed by atoms with Crippen molar-refractivity contribution in [1.82, 2.24) is 4.98 Å². The number of fused-ring (bicyclic) bond motifs is 1. The molecule has 0 radical (unpaired) electrons. The van der Waals surface area contributed by atoms with Gasteiger partial charge in [0.15, 0.2) is 0 Å². The van der Waals surface area contributed by atoms with E-state index in [0.717, 1.165) is 16.3 Å². The third kappa shape index (κ3) is 4.80. The monoisotopic (exact) mass is 425 g/mol. The summed E-state index contributed by atoms with van der Waals surface area (Å²) in [6.45, 7) is 1.31. The minimum absolute atomic E-state index is 0.0840. The Hall–Kier alpha value is -3.21. The summed E-state index contributed by atoms with van der Waals surface area (Å²) in [4.78, 5) is 26.7. The SMILES string of the molecule is C[C@H](Nc1ccc(C(F)(F)F)cc1[N+](=O)[O-])C(=O)OCc1nc2ccccc2s1. The Balaban J connectivity index is 1.68. The Morgan fingerprint density at radius 2 is 2.03 bits per heavy atom. The van der Waals surface area contributed by atoms with Crippen molar-refractivity contribution < 1.29 is 27.6 Å². The zero-order chi connectivity index (χ0) is 21.2. The molecule has 0 fully saturated rings. The lowest BCUT2D eigenvalue weighted by molar-refractivity contribution is -0.384. The maximum Gasteiger partial charge on any atom is 0.416 e. The number of para-hydroxylation sites is 1. The molecule has 152 valence electrons. The van der Waals surface area contributed by atoms with Gasteiger partial charge in [0.1, 0.15) is 23.3 Å². The molecule has 29 heavy (non-hydrogen) atoms. The molecule has 2 aromatic carbocycles. The van der Waals surface area contributed by atoms with Crippen LogP contribution in [0.1, 0.15) is 17.5 Å². The Bertz CT molecular complexity index is 1030. The average Bonchev–Trinajstić information content (AvgIpc) is 3.08. The molecule has 0 amide bonds. The molecule has 1 N–H and O–H groups in total. The summed E-state index contributed by atoms with van der Waals surface area (Å²) < 4.78 is 44.4. The van der Waals surface area contributed by atoms with Gasteiger partial charge in [-0.05, 0) is 31.2 Å². The largest absolute Gasteiger partial charge is 0.457 e. The molecule has 11 heteroatoms. The van der Waals surface area contributed by atoms with E-state index in [1.165, 1.54) is 18.3 Å². The maximum atomic E-state index is 12.8. The number of nitrogens with zero attached hydrogens (tertiary/aromatic N) is 2. The first-order chi connectivity index (χ1) is 13.6. The zero-order valence-electron chi connectivity index (χ0n) is 14.9. The van der Waals surface area contributed by atoms with Gasteiger partial charge in [0.2, 0.25) is 0 Å². The Morgan fingerprint density at radius 1 is 1.31 bits per heavy atom. The number of halogens is 3. The lowest BCUT2D eigenvalue weighted by atomic mass is 10.1. The van der Waals surface area contributed by atoms with Gasteiger partial charge in [-0.15, -0.1) is 11.3 Å². The second-order valence-corrected chi connectivity index (χ2v) is 7.15. The van der Waals surface area contributed by atoms with Crippen LogP contribution in [0.15, 0.2) is 42.5 Å². The van der Waals surface area contributed by atoms with Crippen molar-refractivity contribution in [2.45, 2.75) is 25.7 Å². The molecule has 0 saturated carbocycles. The first-order valence-electron chi connectivity index (χ1n) is 8.28. The quantitative estimate of drug-likeness (QED) is 0.347. The van der Waals surface area contributed by atoms with Crippen LogP contribution in [-0.4, -0.2) is 21.9 Å². The van der Waals surface area contributed by atoms with Crippen LogP contribution in [0, 0.1) is 10.1 Å². The molecule has 1 aromatic heterocycles. The fourth-order valence-electron chi connectivity index (χ4n) is 2.51. The molecule has 1 atom stereocenters. The Kier molecular flexibility index (Phi) is 5.69. The van der Waals surface area contributed by atoms with Crippen molar-refractivity contribution in [1.29, 1.82) is 0 Å². The smallest absolute Gasteiger partial charge is 0.416 e. The lowest BCUT2D eigenvalue weighted by Crippen LogP contribution is -2.28. The molecule has 0 spiro atoms. The zero-order valence-corrected chi connectivity index (χ0v) is 15.7. The van der Waals surface area contributed by atoms with Gasteiger partial charge in [-0.25, -0.2) is 9.78 Å². The number of carbonyl (C=O) groups excluding carboxylic acids is 1. The number of nitro benzene ring substituents is 1. The van der Waals surface area contributed by atoms with Gasteiger partial charge >= 0.3 is 12.1 Å². The number of thiazole rings is 1. The van der Waals surface area contributed by atoms with Crippen molar-refractivity contribution in [3.05, 3.63) is 63.1 Å². The minimum Gasteiger partial charge on any atom is -0.457 e. The first-order valence-corrected chi connectivity index (χ1v) is 9.10. The summed E-state index contributed by atoms with van der Waals surface area (Å²) in [6, 6.07) is 8.41. The van der Waals surface area contributed by atoms with Crippen molar-refractivity contribution in [2.75, 3.05) is 5.32 Å². The number of hydrogen-bond acceptors (Lipinski definition) is 7. The number of hydrogen-bond donors (Lipinski definition) is 1. The van der Waals surface area contributed by atoms with Gasteiger partial charge in [0.25, 0.3) is 5.69 Å². The third-order valence-electron chi connectivity index (χ3n) is 3.92. The molecule has 0 aliphatic carbocycles. The second-order valence-electron chi connectivity index (χ2n) is 6.04. The van der Waals surface area contributed by atoms with E-state index in [4.69, 9.17) is 4.74 Å². The highest BCUT2D eigenvalue weighted by molar-refractivity contribution is 7.18. The number of rotatable bonds is 6. The van der Waals surface area contributed by atoms with Crippen LogP contribution in [0.4, 0.5) is 24.5 Å². The summed E-state index contributed by atoms with van der Waals surface area (Å²) in [7, 11) is 0. The van der Waals surface area contributed by atoms with Gasteiger partial charge in [-0.2, -0.15) is 13.2 Å². The standard InChI is InChI=1S/C18H14F3N3O4S/c1-10(17(25)28-9-16-23-13-4-2-3-5-15(13)29-16)22-12-7-6-11(18(19,20)21)8-14(12)24(26)27/h2-8,10,22H,9H2,1H3/t10-/m0/s1. The number of benzene rings is 2. The van der Waals surface area contributed by atoms with Gasteiger partial charge < -0.3 is 10.1 Å². The maximum absolute atomic E-state index is 12.8. The number of nitrogens with one attached hydrogen (secondary N) is 1. The number of ether oxygens (including phenoxy) is 1. The molecular formula is C18H14F3N3O4S. The van der Waals surface area contributed by atoms with Crippen LogP contribution >= 0.6 is 11.3 Å². The van der Waals surface area contributed by atoms with E-state index in [9.17, 15) is 28.1 Å². The normalized spacial score (nSPS) is 12.6. The number of aromatic nitrogens is 1. The molecule has 3 aromatic rings. The first kappa shape index (κ1) is 20.5. The summed E-state index contributed by atoms with van der Waals surface area (Å²) in [5, 5.41) is 14.2. The van der Waals surface area contributed by atoms with Crippen molar-refractivity contribution >= 4 is 38.9 Å². The Morgan fingerprint density at radius 3 is 2.69 bits per heavy atom. The third-order valence-corrected chi connectivity index (χ3v) is 4.93. The molecule has 7 nitrogen and oxygen atoms in total. The molecule has 1 heterocycles. The van der Waals surface area contributed by atoms with Crippen LogP contribution in [-0.2, 0) is 22.3 Å². The number of nitro groups is 1. The van der Waals surface area contributed by atoms with E-state index in [2.05, 4.69) is 10.3 Å². The van der Waals surface area contributed by atoms with Crippen LogP contribution in [0.3, 0.4) is 0 Å². The van der Waals surface area contributed by atoms with Gasteiger partial charge in [0.05, 0.1) is 20.7 Å². The fourth-order valence-corrected chi connectivity index (χ4v) is 3.39. The Labute approximate surface area is 166 Å². The number of esters is 1. The summed E-state index contributed by atoms with van der Waals surface area (Å²) in [5.74, 6) is -0.724. The van der Waals surface area contributed by atoms with E-state index in [1.54, 1.807) is 0 Å². The van der Waals surface area contributed by atoms with Gasteiger partial charge in [-0.3, -0.25) is 10.1 Å². The summed E-state index contributed by atoms with van der Waals surface area (Å²) >= 11 is 1.36. The van der Waals surface area contributed by atoms with Crippen molar-refractivity contribution in [2.24, 2.45) is 0 Å². The number of alkyl halides is 3. The predicted molar refractivity (Wildman–Crippen MR) is 101 cm³/mol. The second kappa shape index (κ2) is 8.03.